The van der Waals surface area contributed by atoms with Crippen molar-refractivity contribution in [3.8, 4) is 0 Å². The molecule has 0 spiro atoms. The molecule has 1 saturated heterocycles. The summed E-state index contributed by atoms with van der Waals surface area (Å²) in [6, 6.07) is 4.64. The molecule has 2 rings (SSSR count). The Kier molecular flexibility index (Phi) is 12.2. The molecule has 23 heavy (non-hydrogen) atoms. The first-order valence-corrected chi connectivity index (χ1v) is 9.41. The van der Waals surface area contributed by atoms with E-state index in [-0.39, 0.29) is 24.8 Å². The molecule has 134 valence electrons. The standard InChI is InChI=1S/C16H25Br2N3.2ClH/c1-2-3-4-5-15(21-8-6-20-7-9-21)13-10-12(17)11-14(18)16(13)19;;/h10-11,15,20H,2-9,19H2,1H3;2*1H/t15-;;/m0../s1. The van der Waals surface area contributed by atoms with Crippen molar-refractivity contribution >= 4 is 62.4 Å². The lowest BCUT2D eigenvalue weighted by atomic mass is 9.96. The van der Waals surface area contributed by atoms with Gasteiger partial charge in [0.15, 0.2) is 0 Å². The molecule has 7 heteroatoms. The summed E-state index contributed by atoms with van der Waals surface area (Å²) in [5, 5.41) is 3.43. The Morgan fingerprint density at radius 1 is 1.17 bits per heavy atom. The highest BCUT2D eigenvalue weighted by atomic mass is 79.9. The van der Waals surface area contributed by atoms with Crippen LogP contribution in [0.4, 0.5) is 5.69 Å². The first-order chi connectivity index (χ1) is 10.1. The first kappa shape index (κ1) is 23.5. The van der Waals surface area contributed by atoms with Gasteiger partial charge in [-0.15, -0.1) is 24.8 Å². The van der Waals surface area contributed by atoms with E-state index < -0.39 is 0 Å². The average molecular weight is 492 g/mol. The highest BCUT2D eigenvalue weighted by Crippen LogP contribution is 2.37. The van der Waals surface area contributed by atoms with Crippen LogP contribution in [-0.4, -0.2) is 31.1 Å². The van der Waals surface area contributed by atoms with Crippen LogP contribution in [-0.2, 0) is 0 Å². The Morgan fingerprint density at radius 3 is 2.43 bits per heavy atom. The zero-order valence-electron chi connectivity index (χ0n) is 13.5. The minimum absolute atomic E-state index is 0. The zero-order chi connectivity index (χ0) is 15.2. The summed E-state index contributed by atoms with van der Waals surface area (Å²) in [5.41, 5.74) is 8.50. The highest BCUT2D eigenvalue weighted by molar-refractivity contribution is 9.11. The van der Waals surface area contributed by atoms with Crippen molar-refractivity contribution < 1.29 is 0 Å². The molecule has 1 aromatic carbocycles. The Hall–Kier alpha value is 0.480. The van der Waals surface area contributed by atoms with Crippen LogP contribution in [0, 0.1) is 0 Å². The topological polar surface area (TPSA) is 41.3 Å². The van der Waals surface area contributed by atoms with E-state index in [1.165, 1.54) is 31.2 Å². The van der Waals surface area contributed by atoms with Gasteiger partial charge in [-0.05, 0) is 40.0 Å². The van der Waals surface area contributed by atoms with Crippen molar-refractivity contribution in [3.05, 3.63) is 26.6 Å². The lowest BCUT2D eigenvalue weighted by Gasteiger charge is -2.36. The van der Waals surface area contributed by atoms with Crippen molar-refractivity contribution in [1.82, 2.24) is 10.2 Å². The number of anilines is 1. The Bertz CT molecular complexity index is 469. The van der Waals surface area contributed by atoms with Gasteiger partial charge in [-0.3, -0.25) is 4.90 Å². The monoisotopic (exact) mass is 489 g/mol. The number of benzene rings is 1. The van der Waals surface area contributed by atoms with Gasteiger partial charge in [0.1, 0.15) is 0 Å². The molecule has 1 heterocycles. The van der Waals surface area contributed by atoms with Gasteiger partial charge in [-0.1, -0.05) is 42.1 Å². The summed E-state index contributed by atoms with van der Waals surface area (Å²) in [6.45, 7) is 6.59. The SMILES string of the molecule is CCCCC[C@@H](c1cc(Br)cc(Br)c1N)N1CCNCC1.Cl.Cl. The summed E-state index contributed by atoms with van der Waals surface area (Å²) in [4.78, 5) is 2.58. The Labute approximate surface area is 169 Å². The van der Waals surface area contributed by atoms with E-state index in [0.717, 1.165) is 40.8 Å². The summed E-state index contributed by atoms with van der Waals surface area (Å²) in [6.07, 6.45) is 4.99. The predicted octanol–water partition coefficient (Wildman–Crippen LogP) is 5.16. The van der Waals surface area contributed by atoms with Crippen molar-refractivity contribution in [2.24, 2.45) is 0 Å². The van der Waals surface area contributed by atoms with Crippen LogP contribution in [0.2, 0.25) is 0 Å². The molecule has 3 N–H and O–H groups in total. The molecule has 1 fully saturated rings. The van der Waals surface area contributed by atoms with Gasteiger partial charge in [0.05, 0.1) is 5.69 Å². The zero-order valence-corrected chi connectivity index (χ0v) is 18.3. The van der Waals surface area contributed by atoms with Crippen molar-refractivity contribution in [2.75, 3.05) is 31.9 Å². The molecule has 0 aliphatic carbocycles. The maximum absolute atomic E-state index is 6.35. The number of hydrogen-bond acceptors (Lipinski definition) is 3. The number of hydrogen-bond donors (Lipinski definition) is 2. The van der Waals surface area contributed by atoms with Crippen LogP contribution in [0.3, 0.4) is 0 Å². The van der Waals surface area contributed by atoms with Crippen LogP contribution < -0.4 is 11.1 Å². The summed E-state index contributed by atoms with van der Waals surface area (Å²) in [7, 11) is 0. The summed E-state index contributed by atoms with van der Waals surface area (Å²) >= 11 is 7.19. The predicted molar refractivity (Wildman–Crippen MR) is 112 cm³/mol. The fourth-order valence-corrected chi connectivity index (χ4v) is 4.25. The van der Waals surface area contributed by atoms with E-state index >= 15 is 0 Å². The highest BCUT2D eigenvalue weighted by Gasteiger charge is 2.24. The largest absolute Gasteiger partial charge is 0.398 e. The van der Waals surface area contributed by atoms with Gasteiger partial charge in [0.2, 0.25) is 0 Å². The average Bonchev–Trinajstić information content (AvgIpc) is 2.49. The molecule has 0 aromatic heterocycles. The van der Waals surface area contributed by atoms with Gasteiger partial charge in [0.25, 0.3) is 0 Å². The molecule has 1 aliphatic rings. The second-order valence-corrected chi connectivity index (χ2v) is 7.46. The van der Waals surface area contributed by atoms with Gasteiger partial charge in [0, 0.05) is 41.2 Å². The molecular weight excluding hydrogens is 465 g/mol. The lowest BCUT2D eigenvalue weighted by molar-refractivity contribution is 0.163. The van der Waals surface area contributed by atoms with Crippen molar-refractivity contribution in [1.29, 1.82) is 0 Å². The number of piperazine rings is 1. The number of nitrogens with one attached hydrogen (secondary N) is 1. The third-order valence-corrected chi connectivity index (χ3v) is 5.27. The molecule has 0 radical (unpaired) electrons. The second kappa shape index (κ2) is 11.9. The van der Waals surface area contributed by atoms with E-state index in [0.29, 0.717) is 6.04 Å². The molecule has 0 amide bonds. The smallest absolute Gasteiger partial charge is 0.0507 e. The minimum Gasteiger partial charge on any atom is -0.398 e. The Balaban J connectivity index is 0.00000242. The Morgan fingerprint density at radius 2 is 1.83 bits per heavy atom. The number of halogens is 4. The van der Waals surface area contributed by atoms with Crippen LogP contribution >= 0.6 is 56.7 Å². The number of nitrogens with zero attached hydrogens (tertiary/aromatic N) is 1. The van der Waals surface area contributed by atoms with E-state index in [4.69, 9.17) is 5.73 Å². The molecule has 3 nitrogen and oxygen atoms in total. The maximum atomic E-state index is 6.35. The lowest BCUT2D eigenvalue weighted by Crippen LogP contribution is -2.45. The summed E-state index contributed by atoms with van der Waals surface area (Å²) in [5.74, 6) is 0. The normalized spacial score (nSPS) is 16.3. The van der Waals surface area contributed by atoms with Gasteiger partial charge in [-0.2, -0.15) is 0 Å². The van der Waals surface area contributed by atoms with E-state index in [1.807, 2.05) is 6.07 Å². The molecule has 1 aromatic rings. The van der Waals surface area contributed by atoms with Crippen LogP contribution in [0.5, 0.6) is 0 Å². The molecule has 0 bridgehead atoms. The number of rotatable bonds is 6. The first-order valence-electron chi connectivity index (χ1n) is 7.82. The number of unbranched alkanes of at least 4 members (excludes halogenated alkanes) is 2. The van der Waals surface area contributed by atoms with Gasteiger partial charge >= 0.3 is 0 Å². The van der Waals surface area contributed by atoms with Crippen LogP contribution in [0.1, 0.15) is 44.2 Å². The molecule has 1 atom stereocenters. The third-order valence-electron chi connectivity index (χ3n) is 4.16. The van der Waals surface area contributed by atoms with E-state index in [2.05, 4.69) is 55.1 Å². The number of nitrogen functional groups attached to an aromatic ring is 1. The minimum atomic E-state index is 0. The van der Waals surface area contributed by atoms with Crippen molar-refractivity contribution in [3.63, 3.8) is 0 Å². The van der Waals surface area contributed by atoms with Gasteiger partial charge in [-0.25, -0.2) is 0 Å². The van der Waals surface area contributed by atoms with Gasteiger partial charge < -0.3 is 11.1 Å². The quantitative estimate of drug-likeness (QED) is 0.426. The molecule has 0 saturated carbocycles. The summed E-state index contributed by atoms with van der Waals surface area (Å²) < 4.78 is 2.08. The van der Waals surface area contributed by atoms with Crippen LogP contribution in [0.15, 0.2) is 21.1 Å². The molecular formula is C16H27Br2Cl2N3. The molecule has 0 unspecified atom stereocenters. The second-order valence-electron chi connectivity index (χ2n) is 5.69. The van der Waals surface area contributed by atoms with E-state index in [9.17, 15) is 0 Å². The van der Waals surface area contributed by atoms with Crippen LogP contribution in [0.25, 0.3) is 0 Å². The van der Waals surface area contributed by atoms with E-state index in [1.54, 1.807) is 0 Å². The fraction of sp³-hybridized carbons (Fsp3) is 0.625. The maximum Gasteiger partial charge on any atom is 0.0507 e. The third kappa shape index (κ3) is 6.71. The fourth-order valence-electron chi connectivity index (χ4n) is 3.00. The molecule has 1 aliphatic heterocycles. The number of nitrogens with two attached hydrogens (primary N) is 1. The van der Waals surface area contributed by atoms with Crippen molar-refractivity contribution in [2.45, 2.75) is 38.6 Å².